The monoisotopic (exact) mass is 380 g/mol. The number of alkyl halides is 3. The molecule has 3 heterocycles. The molecule has 0 aromatic carbocycles. The molecule has 3 atom stereocenters. The topological polar surface area (TPSA) is 67.2 Å². The second kappa shape index (κ2) is 6.15. The average molecular weight is 380 g/mol. The Hall–Kier alpha value is -1.29. The highest BCUT2D eigenvalue weighted by Crippen LogP contribution is 2.41. The van der Waals surface area contributed by atoms with E-state index in [-0.39, 0.29) is 24.9 Å². The Labute approximate surface area is 145 Å². The standard InChI is InChI=1S/C15H23F3N4O2S/c1-9(2)25(23,24)21-5-4-11(8-21)12-7-14-19-10(3)6-13(15(16,17)18)22(14)20-12/h7,9-11,13,19H,4-6,8H2,1-3H3/t10-,11-,13-/m1/s1. The number of sulfonamides is 1. The lowest BCUT2D eigenvalue weighted by molar-refractivity contribution is -0.173. The van der Waals surface area contributed by atoms with E-state index >= 15 is 0 Å². The van der Waals surface area contributed by atoms with E-state index in [1.165, 1.54) is 4.31 Å². The van der Waals surface area contributed by atoms with Crippen molar-refractivity contribution < 1.29 is 21.6 Å². The van der Waals surface area contributed by atoms with Gasteiger partial charge in [0.1, 0.15) is 5.82 Å². The Balaban J connectivity index is 1.85. The van der Waals surface area contributed by atoms with Gasteiger partial charge in [0.25, 0.3) is 0 Å². The van der Waals surface area contributed by atoms with Crippen LogP contribution in [0.3, 0.4) is 0 Å². The minimum absolute atomic E-state index is 0.0733. The van der Waals surface area contributed by atoms with E-state index in [2.05, 4.69) is 10.4 Å². The van der Waals surface area contributed by atoms with Gasteiger partial charge in [0.2, 0.25) is 10.0 Å². The van der Waals surface area contributed by atoms with Crippen molar-refractivity contribution in [2.75, 3.05) is 18.4 Å². The first-order valence-corrected chi connectivity index (χ1v) is 9.92. The van der Waals surface area contributed by atoms with E-state index < -0.39 is 27.5 Å². The molecule has 0 saturated carbocycles. The predicted molar refractivity (Wildman–Crippen MR) is 88.0 cm³/mol. The fraction of sp³-hybridized carbons (Fsp3) is 0.800. The Bertz CT molecular complexity index is 744. The summed E-state index contributed by atoms with van der Waals surface area (Å²) in [6, 6.07) is -0.320. The third-order valence-electron chi connectivity index (χ3n) is 4.92. The maximum absolute atomic E-state index is 13.3. The van der Waals surface area contributed by atoms with Gasteiger partial charge in [-0.2, -0.15) is 18.3 Å². The number of hydrogen-bond donors (Lipinski definition) is 1. The number of fused-ring (bicyclic) bond motifs is 1. The predicted octanol–water partition coefficient (Wildman–Crippen LogP) is 2.72. The van der Waals surface area contributed by atoms with Crippen LogP contribution in [-0.2, 0) is 10.0 Å². The van der Waals surface area contributed by atoms with Crippen LogP contribution < -0.4 is 5.32 Å². The smallest absolute Gasteiger partial charge is 0.368 e. The molecule has 2 aliphatic heterocycles. The van der Waals surface area contributed by atoms with Crippen molar-refractivity contribution in [3.63, 3.8) is 0 Å². The number of rotatable bonds is 3. The van der Waals surface area contributed by atoms with Crippen LogP contribution >= 0.6 is 0 Å². The third kappa shape index (κ3) is 3.38. The highest BCUT2D eigenvalue weighted by Gasteiger charge is 2.46. The first-order valence-electron chi connectivity index (χ1n) is 8.41. The number of halogens is 3. The molecule has 1 aromatic rings. The second-order valence-corrected chi connectivity index (χ2v) is 9.66. The van der Waals surface area contributed by atoms with Gasteiger partial charge in [-0.1, -0.05) is 0 Å². The number of nitrogens with zero attached hydrogens (tertiary/aromatic N) is 3. The van der Waals surface area contributed by atoms with Crippen molar-refractivity contribution in [3.05, 3.63) is 11.8 Å². The number of anilines is 1. The van der Waals surface area contributed by atoms with Crippen LogP contribution in [0.15, 0.2) is 6.07 Å². The molecule has 1 saturated heterocycles. The maximum atomic E-state index is 13.3. The SMILES string of the molecule is CC(C)S(=O)(=O)N1CC[C@@H](c2cc3n(n2)[C@@H](C(F)(F)F)C[C@@H](C)N3)C1. The summed E-state index contributed by atoms with van der Waals surface area (Å²) >= 11 is 0. The number of aromatic nitrogens is 2. The van der Waals surface area contributed by atoms with Crippen LogP contribution in [0, 0.1) is 0 Å². The van der Waals surface area contributed by atoms with E-state index in [9.17, 15) is 21.6 Å². The van der Waals surface area contributed by atoms with Gasteiger partial charge in [0.05, 0.1) is 10.9 Å². The fourth-order valence-corrected chi connectivity index (χ4v) is 4.82. The molecule has 10 heteroatoms. The van der Waals surface area contributed by atoms with Crippen molar-refractivity contribution >= 4 is 15.8 Å². The first-order chi connectivity index (χ1) is 11.5. The van der Waals surface area contributed by atoms with Gasteiger partial charge in [-0.15, -0.1) is 0 Å². The molecule has 0 unspecified atom stereocenters. The number of hydrogen-bond acceptors (Lipinski definition) is 4. The normalized spacial score (nSPS) is 28.2. The molecule has 2 aliphatic rings. The molecule has 0 aliphatic carbocycles. The van der Waals surface area contributed by atoms with Crippen LogP contribution in [0.5, 0.6) is 0 Å². The maximum Gasteiger partial charge on any atom is 0.410 e. The zero-order valence-corrected chi connectivity index (χ0v) is 15.2. The Kier molecular flexibility index (Phi) is 4.55. The zero-order chi connectivity index (χ0) is 18.6. The van der Waals surface area contributed by atoms with E-state index in [0.29, 0.717) is 24.5 Å². The van der Waals surface area contributed by atoms with Gasteiger partial charge in [0.15, 0.2) is 6.04 Å². The summed E-state index contributed by atoms with van der Waals surface area (Å²) in [5.74, 6) is 0.166. The van der Waals surface area contributed by atoms with Crippen LogP contribution in [0.4, 0.5) is 19.0 Å². The molecule has 1 fully saturated rings. The quantitative estimate of drug-likeness (QED) is 0.876. The molecule has 0 spiro atoms. The molecule has 142 valence electrons. The van der Waals surface area contributed by atoms with E-state index in [1.807, 2.05) is 0 Å². The summed E-state index contributed by atoms with van der Waals surface area (Å²) < 4.78 is 66.9. The molecule has 6 nitrogen and oxygen atoms in total. The van der Waals surface area contributed by atoms with Crippen molar-refractivity contribution in [1.29, 1.82) is 0 Å². The Morgan fingerprint density at radius 3 is 2.64 bits per heavy atom. The zero-order valence-electron chi connectivity index (χ0n) is 14.4. The minimum atomic E-state index is -4.36. The lowest BCUT2D eigenvalue weighted by atomic mass is 10.0. The van der Waals surface area contributed by atoms with Crippen LogP contribution in [-0.4, -0.2) is 53.1 Å². The second-order valence-electron chi connectivity index (χ2n) is 7.17. The molecule has 1 aromatic heterocycles. The summed E-state index contributed by atoms with van der Waals surface area (Å²) in [4.78, 5) is 0. The highest BCUT2D eigenvalue weighted by molar-refractivity contribution is 7.89. The van der Waals surface area contributed by atoms with Gasteiger partial charge in [0, 0.05) is 31.1 Å². The van der Waals surface area contributed by atoms with Crippen molar-refractivity contribution in [3.8, 4) is 0 Å². The molecular weight excluding hydrogens is 357 g/mol. The molecule has 0 bridgehead atoms. The largest absolute Gasteiger partial charge is 0.410 e. The molecule has 0 amide bonds. The van der Waals surface area contributed by atoms with E-state index in [0.717, 1.165) is 4.68 Å². The Morgan fingerprint density at radius 1 is 1.36 bits per heavy atom. The van der Waals surface area contributed by atoms with Crippen molar-refractivity contribution in [2.45, 2.75) is 63.0 Å². The van der Waals surface area contributed by atoms with Gasteiger partial charge in [-0.25, -0.2) is 17.4 Å². The minimum Gasteiger partial charge on any atom is -0.368 e. The molecule has 0 radical (unpaired) electrons. The summed E-state index contributed by atoms with van der Waals surface area (Å²) in [5.41, 5.74) is 0.521. The first kappa shape index (κ1) is 18.5. The highest BCUT2D eigenvalue weighted by atomic mass is 32.2. The van der Waals surface area contributed by atoms with Gasteiger partial charge in [-0.05, 0) is 33.6 Å². The average Bonchev–Trinajstić information content (AvgIpc) is 3.11. The molecule has 25 heavy (non-hydrogen) atoms. The lowest BCUT2D eigenvalue weighted by Gasteiger charge is -2.31. The lowest BCUT2D eigenvalue weighted by Crippen LogP contribution is -2.37. The molecule has 1 N–H and O–H groups in total. The number of nitrogens with one attached hydrogen (secondary N) is 1. The molecular formula is C15H23F3N4O2S. The van der Waals surface area contributed by atoms with E-state index in [1.54, 1.807) is 26.8 Å². The summed E-state index contributed by atoms with van der Waals surface area (Å²) in [6.45, 7) is 5.60. The van der Waals surface area contributed by atoms with Crippen molar-refractivity contribution in [1.82, 2.24) is 14.1 Å². The van der Waals surface area contributed by atoms with Crippen LogP contribution in [0.25, 0.3) is 0 Å². The summed E-state index contributed by atoms with van der Waals surface area (Å²) in [5, 5.41) is 6.71. The van der Waals surface area contributed by atoms with Gasteiger partial charge < -0.3 is 5.32 Å². The summed E-state index contributed by atoms with van der Waals surface area (Å²) in [6.07, 6.45) is -3.87. The third-order valence-corrected chi connectivity index (χ3v) is 7.17. The van der Waals surface area contributed by atoms with Crippen LogP contribution in [0.2, 0.25) is 0 Å². The van der Waals surface area contributed by atoms with Gasteiger partial charge in [-0.3, -0.25) is 0 Å². The fourth-order valence-electron chi connectivity index (χ4n) is 3.48. The van der Waals surface area contributed by atoms with Crippen molar-refractivity contribution in [2.24, 2.45) is 0 Å². The summed E-state index contributed by atoms with van der Waals surface area (Å²) in [7, 11) is -3.36. The molecule has 3 rings (SSSR count). The van der Waals surface area contributed by atoms with Gasteiger partial charge >= 0.3 is 6.18 Å². The van der Waals surface area contributed by atoms with E-state index in [4.69, 9.17) is 0 Å². The van der Waals surface area contributed by atoms with Crippen LogP contribution in [0.1, 0.15) is 51.3 Å². The Morgan fingerprint density at radius 2 is 2.04 bits per heavy atom.